The summed E-state index contributed by atoms with van der Waals surface area (Å²) in [5.41, 5.74) is 0.687. The highest BCUT2D eigenvalue weighted by Gasteiger charge is 2.27. The lowest BCUT2D eigenvalue weighted by atomic mass is 9.98. The quantitative estimate of drug-likeness (QED) is 0.581. The zero-order valence-electron chi connectivity index (χ0n) is 17.7. The summed E-state index contributed by atoms with van der Waals surface area (Å²) in [7, 11) is 0. The summed E-state index contributed by atoms with van der Waals surface area (Å²) in [6.45, 7) is 7.50. The fourth-order valence-electron chi connectivity index (χ4n) is 3.32. The zero-order chi connectivity index (χ0) is 21.7. The van der Waals surface area contributed by atoms with Crippen LogP contribution in [0.2, 0.25) is 5.02 Å². The third kappa shape index (κ3) is 6.23. The molecular weight excluding hydrogens is 402 g/mol. The maximum atomic E-state index is 12.7. The largest absolute Gasteiger partial charge is 0.493 e. The van der Waals surface area contributed by atoms with E-state index in [1.807, 2.05) is 32.9 Å². The van der Waals surface area contributed by atoms with Gasteiger partial charge in [-0.2, -0.15) is 0 Å². The molecule has 1 heterocycles. The van der Waals surface area contributed by atoms with Crippen molar-refractivity contribution < 1.29 is 19.1 Å². The Kier molecular flexibility index (Phi) is 7.03. The summed E-state index contributed by atoms with van der Waals surface area (Å²) in [4.78, 5) is 26.6. The van der Waals surface area contributed by atoms with Gasteiger partial charge in [-0.05, 0) is 75.9 Å². The van der Waals surface area contributed by atoms with Crippen molar-refractivity contribution in [1.82, 2.24) is 4.90 Å². The number of hydrogen-bond acceptors (Lipinski definition) is 4. The van der Waals surface area contributed by atoms with Crippen molar-refractivity contribution >= 4 is 23.5 Å². The summed E-state index contributed by atoms with van der Waals surface area (Å²) in [5, 5.41) is 0.598. The molecule has 0 radical (unpaired) electrons. The topological polar surface area (TPSA) is 55.8 Å². The van der Waals surface area contributed by atoms with Crippen molar-refractivity contribution in [3.05, 3.63) is 64.7 Å². The first-order valence-corrected chi connectivity index (χ1v) is 10.6. The summed E-state index contributed by atoms with van der Waals surface area (Å²) >= 11 is 5.90. The number of hydrogen-bond donors (Lipinski definition) is 0. The SMILES string of the molecule is CC(C)(C)OC(=O)N1CCC(COc2cccc(C(=O)c3ccc(Cl)cc3)c2)CC1. The zero-order valence-corrected chi connectivity index (χ0v) is 18.4. The second kappa shape index (κ2) is 9.52. The number of halogens is 1. The Morgan fingerprint density at radius 1 is 1.03 bits per heavy atom. The fraction of sp³-hybridized carbons (Fsp3) is 0.417. The summed E-state index contributed by atoms with van der Waals surface area (Å²) in [6.07, 6.45) is 1.47. The Bertz CT molecular complexity index is 881. The number of piperidine rings is 1. The molecule has 1 saturated heterocycles. The molecule has 0 aliphatic carbocycles. The van der Waals surface area contributed by atoms with Gasteiger partial charge in [-0.25, -0.2) is 4.79 Å². The number of rotatable bonds is 5. The molecule has 6 heteroatoms. The molecule has 3 rings (SSSR count). The molecule has 2 aromatic rings. The average molecular weight is 430 g/mol. The third-order valence-corrected chi connectivity index (χ3v) is 5.21. The van der Waals surface area contributed by atoms with Gasteiger partial charge < -0.3 is 14.4 Å². The van der Waals surface area contributed by atoms with Crippen LogP contribution in [0.3, 0.4) is 0 Å². The minimum atomic E-state index is -0.481. The molecule has 0 unspecified atom stereocenters. The van der Waals surface area contributed by atoms with Gasteiger partial charge >= 0.3 is 6.09 Å². The molecule has 0 spiro atoms. The van der Waals surface area contributed by atoms with Crippen molar-refractivity contribution in [2.24, 2.45) is 5.92 Å². The number of amides is 1. The standard InChI is InChI=1S/C24H28ClNO4/c1-24(2,3)30-23(28)26-13-11-17(12-14-26)16-29-21-6-4-5-19(15-21)22(27)18-7-9-20(25)10-8-18/h4-10,15,17H,11-14,16H2,1-3H3. The van der Waals surface area contributed by atoms with Gasteiger partial charge in [0.15, 0.2) is 5.78 Å². The molecule has 1 amide bonds. The van der Waals surface area contributed by atoms with E-state index in [4.69, 9.17) is 21.1 Å². The van der Waals surface area contributed by atoms with Crippen LogP contribution in [0, 0.1) is 5.92 Å². The average Bonchev–Trinajstić information content (AvgIpc) is 2.71. The number of ether oxygens (including phenoxy) is 2. The van der Waals surface area contributed by atoms with Gasteiger partial charge in [-0.1, -0.05) is 23.7 Å². The monoisotopic (exact) mass is 429 g/mol. The van der Waals surface area contributed by atoms with E-state index in [1.165, 1.54) is 0 Å². The van der Waals surface area contributed by atoms with Crippen LogP contribution in [0.1, 0.15) is 49.5 Å². The van der Waals surface area contributed by atoms with Crippen molar-refractivity contribution in [3.8, 4) is 5.75 Å². The molecule has 160 valence electrons. The molecule has 0 atom stereocenters. The molecule has 1 fully saturated rings. The Labute approximate surface area is 182 Å². The minimum absolute atomic E-state index is 0.0669. The van der Waals surface area contributed by atoms with E-state index in [0.717, 1.165) is 12.8 Å². The van der Waals surface area contributed by atoms with Crippen molar-refractivity contribution in [1.29, 1.82) is 0 Å². The third-order valence-electron chi connectivity index (χ3n) is 4.95. The van der Waals surface area contributed by atoms with Crippen molar-refractivity contribution in [3.63, 3.8) is 0 Å². The molecule has 0 aromatic heterocycles. The van der Waals surface area contributed by atoms with Gasteiger partial charge in [0.05, 0.1) is 6.61 Å². The summed E-state index contributed by atoms with van der Waals surface area (Å²) in [5.74, 6) is 0.964. The lowest BCUT2D eigenvalue weighted by Gasteiger charge is -2.33. The molecular formula is C24H28ClNO4. The molecule has 1 aliphatic rings. The highest BCUT2D eigenvalue weighted by atomic mass is 35.5. The van der Waals surface area contributed by atoms with E-state index in [-0.39, 0.29) is 11.9 Å². The van der Waals surface area contributed by atoms with E-state index in [9.17, 15) is 9.59 Å². The fourth-order valence-corrected chi connectivity index (χ4v) is 3.44. The lowest BCUT2D eigenvalue weighted by Crippen LogP contribution is -2.42. The number of carbonyl (C=O) groups is 2. The van der Waals surface area contributed by atoms with E-state index in [2.05, 4.69) is 0 Å². The molecule has 2 aromatic carbocycles. The highest BCUT2D eigenvalue weighted by Crippen LogP contribution is 2.23. The Morgan fingerprint density at radius 3 is 2.33 bits per heavy atom. The number of nitrogens with zero attached hydrogens (tertiary/aromatic N) is 1. The van der Waals surface area contributed by atoms with Crippen molar-refractivity contribution in [2.75, 3.05) is 19.7 Å². The Hall–Kier alpha value is -2.53. The van der Waals surface area contributed by atoms with E-state index < -0.39 is 5.60 Å². The van der Waals surface area contributed by atoms with Crippen LogP contribution in [-0.2, 0) is 4.74 Å². The first-order valence-electron chi connectivity index (χ1n) is 10.2. The van der Waals surface area contributed by atoms with Gasteiger partial charge in [0.2, 0.25) is 0 Å². The normalized spacial score (nSPS) is 15.0. The van der Waals surface area contributed by atoms with Gasteiger partial charge in [-0.15, -0.1) is 0 Å². The Morgan fingerprint density at radius 2 is 1.70 bits per heavy atom. The van der Waals surface area contributed by atoms with Gasteiger partial charge in [-0.3, -0.25) is 4.79 Å². The second-order valence-electron chi connectivity index (χ2n) is 8.59. The summed E-state index contributed by atoms with van der Waals surface area (Å²) < 4.78 is 11.4. The van der Waals surface area contributed by atoms with Crippen LogP contribution in [0.15, 0.2) is 48.5 Å². The molecule has 0 bridgehead atoms. The summed E-state index contributed by atoms with van der Waals surface area (Å²) in [6, 6.07) is 14.1. The predicted octanol–water partition coefficient (Wildman–Crippen LogP) is 5.60. The van der Waals surface area contributed by atoms with E-state index >= 15 is 0 Å². The maximum Gasteiger partial charge on any atom is 0.410 e. The first-order chi connectivity index (χ1) is 14.2. The Balaban J connectivity index is 1.51. The van der Waals surface area contributed by atoms with E-state index in [0.29, 0.717) is 47.5 Å². The number of carbonyl (C=O) groups excluding carboxylic acids is 2. The second-order valence-corrected chi connectivity index (χ2v) is 9.02. The molecule has 5 nitrogen and oxygen atoms in total. The van der Waals surface area contributed by atoms with E-state index in [1.54, 1.807) is 41.3 Å². The van der Waals surface area contributed by atoms with Crippen LogP contribution >= 0.6 is 11.6 Å². The molecule has 0 N–H and O–H groups in total. The van der Waals surface area contributed by atoms with Crippen LogP contribution in [0.4, 0.5) is 4.79 Å². The lowest BCUT2D eigenvalue weighted by molar-refractivity contribution is 0.0165. The predicted molar refractivity (Wildman–Crippen MR) is 117 cm³/mol. The molecule has 1 aliphatic heterocycles. The number of likely N-dealkylation sites (tertiary alicyclic amines) is 1. The van der Waals surface area contributed by atoms with Gasteiger partial charge in [0, 0.05) is 29.2 Å². The van der Waals surface area contributed by atoms with Crippen LogP contribution in [-0.4, -0.2) is 42.1 Å². The first kappa shape index (κ1) is 22.2. The molecule has 30 heavy (non-hydrogen) atoms. The maximum absolute atomic E-state index is 12.7. The highest BCUT2D eigenvalue weighted by molar-refractivity contribution is 6.30. The van der Waals surface area contributed by atoms with Gasteiger partial charge in [0.1, 0.15) is 11.4 Å². The minimum Gasteiger partial charge on any atom is -0.493 e. The van der Waals surface area contributed by atoms with Crippen LogP contribution in [0.5, 0.6) is 5.75 Å². The molecule has 0 saturated carbocycles. The van der Waals surface area contributed by atoms with Crippen LogP contribution in [0.25, 0.3) is 0 Å². The number of ketones is 1. The van der Waals surface area contributed by atoms with Crippen LogP contribution < -0.4 is 4.74 Å². The van der Waals surface area contributed by atoms with Crippen molar-refractivity contribution in [2.45, 2.75) is 39.2 Å². The number of benzene rings is 2. The smallest absolute Gasteiger partial charge is 0.410 e. The van der Waals surface area contributed by atoms with Gasteiger partial charge in [0.25, 0.3) is 0 Å².